The Morgan fingerprint density at radius 3 is 2.58 bits per heavy atom. The summed E-state index contributed by atoms with van der Waals surface area (Å²) in [6.45, 7) is 0.708. The van der Waals surface area contributed by atoms with E-state index in [0.717, 1.165) is 24.1 Å². The first kappa shape index (κ1) is 13.6. The third-order valence-electron chi connectivity index (χ3n) is 3.59. The molecule has 19 heavy (non-hydrogen) atoms. The summed E-state index contributed by atoms with van der Waals surface area (Å²) in [6.07, 6.45) is 0.862. The quantitative estimate of drug-likeness (QED) is 0.610. The topological polar surface area (TPSA) is 64.8 Å². The normalized spacial score (nSPS) is 18.8. The van der Waals surface area contributed by atoms with Gasteiger partial charge in [0.25, 0.3) is 0 Å². The molecule has 1 aromatic rings. The van der Waals surface area contributed by atoms with Crippen molar-refractivity contribution in [1.82, 2.24) is 4.90 Å². The van der Waals surface area contributed by atoms with Crippen molar-refractivity contribution >= 4 is 0 Å². The second-order valence-electron chi connectivity index (χ2n) is 4.67. The number of likely N-dealkylation sites (N-methyl/N-ethyl adjacent to an activating group) is 1. The first-order chi connectivity index (χ1) is 9.06. The van der Waals surface area contributed by atoms with E-state index in [1.807, 2.05) is 24.1 Å². The number of benzene rings is 1. The maximum atomic E-state index is 10.8. The second-order valence-corrected chi connectivity index (χ2v) is 4.67. The summed E-state index contributed by atoms with van der Waals surface area (Å²) in [5.74, 6) is 1.29. The molecule has 0 aromatic heterocycles. The highest BCUT2D eigenvalue weighted by molar-refractivity contribution is 5.49. The van der Waals surface area contributed by atoms with Crippen LogP contribution < -0.4 is 9.47 Å². The van der Waals surface area contributed by atoms with Gasteiger partial charge in [0.05, 0.1) is 14.2 Å². The van der Waals surface area contributed by atoms with Crippen LogP contribution in [0.15, 0.2) is 12.1 Å². The van der Waals surface area contributed by atoms with Crippen molar-refractivity contribution in [3.05, 3.63) is 33.4 Å². The minimum absolute atomic E-state index is 0.0982. The van der Waals surface area contributed by atoms with Crippen molar-refractivity contribution in [1.29, 1.82) is 0 Å². The highest BCUT2D eigenvalue weighted by atomic mass is 16.6. The summed E-state index contributed by atoms with van der Waals surface area (Å²) >= 11 is 0. The maximum Gasteiger partial charge on any atom is 0.223 e. The van der Waals surface area contributed by atoms with E-state index in [4.69, 9.17) is 9.47 Å². The minimum atomic E-state index is -0.271. The van der Waals surface area contributed by atoms with Crippen molar-refractivity contribution in [3.8, 4) is 11.5 Å². The molecule has 1 aliphatic rings. The van der Waals surface area contributed by atoms with Gasteiger partial charge in [-0.2, -0.15) is 0 Å². The van der Waals surface area contributed by atoms with Gasteiger partial charge in [-0.15, -0.1) is 0 Å². The molecule has 0 bridgehead atoms. The Kier molecular flexibility index (Phi) is 3.90. The summed E-state index contributed by atoms with van der Waals surface area (Å²) in [5, 5.41) is 10.8. The molecule has 0 N–H and O–H groups in total. The van der Waals surface area contributed by atoms with Crippen LogP contribution in [0.1, 0.15) is 17.2 Å². The van der Waals surface area contributed by atoms with Gasteiger partial charge in [0.2, 0.25) is 6.54 Å². The Bertz CT molecular complexity index is 490. The average Bonchev–Trinajstić information content (AvgIpc) is 2.40. The third kappa shape index (κ3) is 2.63. The molecule has 6 heteroatoms. The molecule has 1 unspecified atom stereocenters. The fourth-order valence-electron chi connectivity index (χ4n) is 2.53. The van der Waals surface area contributed by atoms with Crippen molar-refractivity contribution in [2.24, 2.45) is 0 Å². The maximum absolute atomic E-state index is 10.8. The lowest BCUT2D eigenvalue weighted by molar-refractivity contribution is -0.488. The van der Waals surface area contributed by atoms with Gasteiger partial charge in [0.15, 0.2) is 11.5 Å². The summed E-state index contributed by atoms with van der Waals surface area (Å²) in [6, 6.07) is 3.57. The first-order valence-electron chi connectivity index (χ1n) is 6.13. The zero-order chi connectivity index (χ0) is 14.0. The molecule has 1 aliphatic heterocycles. The van der Waals surface area contributed by atoms with Gasteiger partial charge in [-0.3, -0.25) is 15.0 Å². The molecule has 1 aromatic carbocycles. The smallest absolute Gasteiger partial charge is 0.223 e. The van der Waals surface area contributed by atoms with Crippen LogP contribution in [0.25, 0.3) is 0 Å². The van der Waals surface area contributed by atoms with Crippen LogP contribution in [0.2, 0.25) is 0 Å². The van der Waals surface area contributed by atoms with Gasteiger partial charge in [-0.25, -0.2) is 0 Å². The van der Waals surface area contributed by atoms with Crippen LogP contribution >= 0.6 is 0 Å². The van der Waals surface area contributed by atoms with E-state index in [-0.39, 0.29) is 17.5 Å². The second kappa shape index (κ2) is 5.44. The van der Waals surface area contributed by atoms with Crippen molar-refractivity contribution < 1.29 is 14.4 Å². The molecule has 0 fully saturated rings. The highest BCUT2D eigenvalue weighted by Gasteiger charge is 2.30. The van der Waals surface area contributed by atoms with Crippen LogP contribution in [0, 0.1) is 10.1 Å². The zero-order valence-corrected chi connectivity index (χ0v) is 11.4. The fourth-order valence-corrected chi connectivity index (χ4v) is 2.53. The Morgan fingerprint density at radius 1 is 1.37 bits per heavy atom. The van der Waals surface area contributed by atoms with E-state index < -0.39 is 0 Å². The number of nitrogens with zero attached hydrogens (tertiary/aromatic N) is 2. The zero-order valence-electron chi connectivity index (χ0n) is 11.4. The summed E-state index contributed by atoms with van der Waals surface area (Å²) < 4.78 is 10.6. The summed E-state index contributed by atoms with van der Waals surface area (Å²) in [5.41, 5.74) is 2.06. The largest absolute Gasteiger partial charge is 0.493 e. The van der Waals surface area contributed by atoms with Crippen LogP contribution in [-0.2, 0) is 6.42 Å². The van der Waals surface area contributed by atoms with Gasteiger partial charge in [-0.1, -0.05) is 0 Å². The lowest BCUT2D eigenvalue weighted by Crippen LogP contribution is -2.36. The molecule has 0 radical (unpaired) electrons. The van der Waals surface area contributed by atoms with Gasteiger partial charge in [0.1, 0.15) is 6.04 Å². The van der Waals surface area contributed by atoms with Crippen LogP contribution in [0.5, 0.6) is 11.5 Å². The molecule has 104 valence electrons. The number of hydrogen-bond donors (Lipinski definition) is 0. The Balaban J connectivity index is 2.45. The third-order valence-corrected chi connectivity index (χ3v) is 3.59. The number of hydrogen-bond acceptors (Lipinski definition) is 5. The number of fused-ring (bicyclic) bond motifs is 1. The molecule has 0 aliphatic carbocycles. The van der Waals surface area contributed by atoms with Crippen molar-refractivity contribution in [2.45, 2.75) is 12.5 Å². The Hall–Kier alpha value is -1.82. The molecular weight excluding hydrogens is 248 g/mol. The lowest BCUT2D eigenvalue weighted by Gasteiger charge is -2.32. The van der Waals surface area contributed by atoms with Gasteiger partial charge in [0, 0.05) is 11.5 Å². The number of rotatable bonds is 4. The van der Waals surface area contributed by atoms with E-state index in [1.54, 1.807) is 14.2 Å². The molecule has 1 heterocycles. The predicted octanol–water partition coefficient (Wildman–Crippen LogP) is 1.51. The molecule has 0 spiro atoms. The molecule has 2 rings (SSSR count). The average molecular weight is 266 g/mol. The standard InChI is InChI=1S/C13H18N2O4/c1-14-5-4-9-6-12(18-2)13(19-3)7-10(9)11(14)8-15(16)17/h6-7,11H,4-5,8H2,1-3H3. The lowest BCUT2D eigenvalue weighted by atomic mass is 9.92. The SMILES string of the molecule is COc1cc2c(cc1OC)C(C[N+](=O)[O-])N(C)CC2. The predicted molar refractivity (Wildman–Crippen MR) is 70.5 cm³/mol. The molecule has 0 saturated heterocycles. The van der Waals surface area contributed by atoms with Crippen LogP contribution in [0.3, 0.4) is 0 Å². The summed E-state index contributed by atoms with van der Waals surface area (Å²) in [4.78, 5) is 12.6. The van der Waals surface area contributed by atoms with Gasteiger partial charge < -0.3 is 9.47 Å². The Morgan fingerprint density at radius 2 is 2.00 bits per heavy atom. The van der Waals surface area contributed by atoms with E-state index in [9.17, 15) is 10.1 Å². The van der Waals surface area contributed by atoms with Crippen LogP contribution in [0.4, 0.5) is 0 Å². The van der Waals surface area contributed by atoms with Crippen molar-refractivity contribution in [3.63, 3.8) is 0 Å². The molecule has 6 nitrogen and oxygen atoms in total. The molecular formula is C13H18N2O4. The minimum Gasteiger partial charge on any atom is -0.493 e. The van der Waals surface area contributed by atoms with E-state index >= 15 is 0 Å². The van der Waals surface area contributed by atoms with E-state index in [2.05, 4.69) is 0 Å². The van der Waals surface area contributed by atoms with E-state index in [0.29, 0.717) is 11.5 Å². The molecule has 0 saturated carbocycles. The van der Waals surface area contributed by atoms with E-state index in [1.165, 1.54) is 0 Å². The summed E-state index contributed by atoms with van der Waals surface area (Å²) in [7, 11) is 5.07. The number of methoxy groups -OCH3 is 2. The number of nitro groups is 1. The Labute approximate surface area is 112 Å². The highest BCUT2D eigenvalue weighted by Crippen LogP contribution is 2.37. The monoisotopic (exact) mass is 266 g/mol. The molecule has 1 atom stereocenters. The van der Waals surface area contributed by atoms with Gasteiger partial charge in [-0.05, 0) is 36.7 Å². The fraction of sp³-hybridized carbons (Fsp3) is 0.538. The molecule has 0 amide bonds. The first-order valence-corrected chi connectivity index (χ1v) is 6.13. The van der Waals surface area contributed by atoms with Crippen LogP contribution in [-0.4, -0.2) is 44.2 Å². The number of ether oxygens (including phenoxy) is 2. The van der Waals surface area contributed by atoms with Gasteiger partial charge >= 0.3 is 0 Å². The van der Waals surface area contributed by atoms with Crippen molar-refractivity contribution in [2.75, 3.05) is 34.4 Å².